The third-order valence-corrected chi connectivity index (χ3v) is 9.52. The van der Waals surface area contributed by atoms with Gasteiger partial charge in [0.15, 0.2) is 5.88 Å². The molecule has 2 aromatic heterocycles. The van der Waals surface area contributed by atoms with Crippen molar-refractivity contribution in [2.45, 2.75) is 6.18 Å². The fourth-order valence-electron chi connectivity index (χ4n) is 6.03. The molecule has 0 atom stereocenters. The molecule has 1 saturated heterocycles. The molecule has 1 aliphatic heterocycles. The highest BCUT2D eigenvalue weighted by atomic mass is 32.2. The Morgan fingerprint density at radius 2 is 1.61 bits per heavy atom. The molecule has 6 rings (SSSR count). The van der Waals surface area contributed by atoms with E-state index in [1.54, 1.807) is 31.4 Å². The van der Waals surface area contributed by atoms with E-state index in [1.807, 2.05) is 40.8 Å². The van der Waals surface area contributed by atoms with E-state index in [1.165, 1.54) is 12.1 Å². The fourth-order valence-corrected chi connectivity index (χ4v) is 6.62. The molecule has 2 amide bonds. The van der Waals surface area contributed by atoms with Crippen molar-refractivity contribution in [3.05, 3.63) is 120 Å². The summed E-state index contributed by atoms with van der Waals surface area (Å²) < 4.78 is 84.9. The zero-order chi connectivity index (χ0) is 38.6. The topological polar surface area (TPSA) is 135 Å². The zero-order valence-corrected chi connectivity index (χ0v) is 30.0. The van der Waals surface area contributed by atoms with Gasteiger partial charge in [-0.15, -0.1) is 0 Å². The fraction of sp³-hybridized carbons (Fsp3) is 0.237. The molecule has 1 aliphatic rings. The number of piperazine rings is 1. The minimum Gasteiger partial charge on any atom is -0.497 e. The number of benzene rings is 3. The molecule has 0 aliphatic carbocycles. The predicted octanol–water partition coefficient (Wildman–Crippen LogP) is 6.36. The Kier molecular flexibility index (Phi) is 11.1. The monoisotopic (exact) mass is 763 g/mol. The van der Waals surface area contributed by atoms with Crippen LogP contribution in [-0.2, 0) is 23.3 Å². The first-order valence-electron chi connectivity index (χ1n) is 16.7. The third kappa shape index (κ3) is 9.07. The summed E-state index contributed by atoms with van der Waals surface area (Å²) in [5, 5.41) is 0.749. The summed E-state index contributed by atoms with van der Waals surface area (Å²) in [5.74, 6) is -0.950. The van der Waals surface area contributed by atoms with Gasteiger partial charge >= 0.3 is 6.18 Å². The van der Waals surface area contributed by atoms with Crippen molar-refractivity contribution >= 4 is 44.6 Å². The van der Waals surface area contributed by atoms with Gasteiger partial charge in [-0.3, -0.25) is 23.9 Å². The maximum absolute atomic E-state index is 13.6. The van der Waals surface area contributed by atoms with Crippen molar-refractivity contribution in [3.8, 4) is 17.4 Å². The number of aryl methyl sites for hydroxylation is 1. The number of amides is 2. The highest BCUT2D eigenvalue weighted by molar-refractivity contribution is 7.85. The number of ether oxygens (including phenoxy) is 2. The summed E-state index contributed by atoms with van der Waals surface area (Å²) >= 11 is 0. The number of hydrogen-bond acceptors (Lipinski definition) is 8. The van der Waals surface area contributed by atoms with E-state index in [0.29, 0.717) is 41.6 Å². The molecule has 0 saturated carbocycles. The normalized spacial score (nSPS) is 14.1. The molecule has 5 aromatic rings. The van der Waals surface area contributed by atoms with Crippen molar-refractivity contribution in [3.63, 3.8) is 0 Å². The molecule has 54 heavy (non-hydrogen) atoms. The van der Waals surface area contributed by atoms with E-state index in [0.717, 1.165) is 60.2 Å². The lowest BCUT2D eigenvalue weighted by atomic mass is 10.1. The molecule has 0 radical (unpaired) electrons. The van der Waals surface area contributed by atoms with Gasteiger partial charge in [0.1, 0.15) is 17.2 Å². The summed E-state index contributed by atoms with van der Waals surface area (Å²) in [7, 11) is -1.28. The van der Waals surface area contributed by atoms with Crippen LogP contribution in [0.25, 0.3) is 17.0 Å². The van der Waals surface area contributed by atoms with Crippen LogP contribution in [0.3, 0.4) is 0 Å². The molecule has 3 aromatic carbocycles. The average Bonchev–Trinajstić information content (AvgIpc) is 3.48. The number of alkyl halides is 3. The summed E-state index contributed by atoms with van der Waals surface area (Å²) in [6.07, 6.45) is 0.681. The van der Waals surface area contributed by atoms with Gasteiger partial charge in [0, 0.05) is 62.3 Å². The van der Waals surface area contributed by atoms with E-state index in [9.17, 15) is 35.7 Å². The van der Waals surface area contributed by atoms with E-state index >= 15 is 0 Å². The molecule has 0 unspecified atom stereocenters. The minimum absolute atomic E-state index is 0.0580. The van der Waals surface area contributed by atoms with E-state index in [2.05, 4.69) is 22.0 Å². The van der Waals surface area contributed by atoms with Gasteiger partial charge in [-0.25, -0.2) is 4.98 Å². The number of hydrogen-bond donors (Lipinski definition) is 1. The average molecular weight is 764 g/mol. The van der Waals surface area contributed by atoms with Crippen molar-refractivity contribution < 1.29 is 45.2 Å². The Labute approximate surface area is 309 Å². The molecule has 16 heteroatoms. The lowest BCUT2D eigenvalue weighted by Crippen LogP contribution is -2.48. The van der Waals surface area contributed by atoms with Gasteiger partial charge < -0.3 is 18.9 Å². The molecule has 0 bridgehead atoms. The van der Waals surface area contributed by atoms with Crippen LogP contribution < -0.4 is 14.4 Å². The Morgan fingerprint density at radius 1 is 0.926 bits per heavy atom. The number of halogens is 3. The summed E-state index contributed by atoms with van der Waals surface area (Å²) in [6, 6.07) is 20.8. The first-order chi connectivity index (χ1) is 25.7. The number of anilines is 1. The smallest absolute Gasteiger partial charge is 0.416 e. The van der Waals surface area contributed by atoms with Crippen LogP contribution in [0.4, 0.5) is 18.9 Å². The maximum atomic E-state index is 13.6. The molecule has 3 heterocycles. The number of pyridine rings is 1. The molecule has 1 fully saturated rings. The highest BCUT2D eigenvalue weighted by Gasteiger charge is 2.31. The molecule has 0 spiro atoms. The lowest BCUT2D eigenvalue weighted by molar-refractivity contribution is -0.137. The summed E-state index contributed by atoms with van der Waals surface area (Å²) in [5.41, 5.74) is 1.13. The van der Waals surface area contributed by atoms with E-state index in [4.69, 9.17) is 9.47 Å². The largest absolute Gasteiger partial charge is 0.497 e. The highest BCUT2D eigenvalue weighted by Crippen LogP contribution is 2.31. The van der Waals surface area contributed by atoms with Crippen LogP contribution in [0.2, 0.25) is 0 Å². The quantitative estimate of drug-likeness (QED) is 0.153. The Balaban J connectivity index is 1.09. The number of carbonyl (C=O) groups excluding carboxylic acids is 2. The number of rotatable bonds is 11. The molecular formula is C38H36F3N5O7S. The molecule has 12 nitrogen and oxygen atoms in total. The number of nitrogens with zero attached hydrogens (tertiary/aromatic N) is 5. The SMILES string of the molecule is COc1ccc(/C=C/CN2CCN(C(=O)c3cc4cc(Oc5ccc(N(CS(=O)(=O)O)C(=O)c6ccc(C(F)(F)F)cc6)cn5)ccc4n3C)CC2)cc1. The van der Waals surface area contributed by atoms with Gasteiger partial charge in [0.2, 0.25) is 5.88 Å². The number of methoxy groups -OCH3 is 1. The standard InChI is InChI=1S/C38H36F3N5O7S/c1-43-33-15-14-32(22-28(33)23-34(43)37(48)45-20-18-44(19-21-45)17-3-4-26-5-12-31(52-2)13-6-26)53-35-16-11-30(24-42-35)46(25-54(49,50)51)36(47)27-7-9-29(10-8-27)38(39,40)41/h3-16,22-24H,17-21,25H2,1-2H3,(H,49,50,51)/b4-3+. The second kappa shape index (κ2) is 15.7. The molecule has 1 N–H and O–H groups in total. The molecule has 282 valence electrons. The predicted molar refractivity (Wildman–Crippen MR) is 196 cm³/mol. The van der Waals surface area contributed by atoms with Gasteiger partial charge in [-0.2, -0.15) is 21.6 Å². The van der Waals surface area contributed by atoms with Crippen molar-refractivity contribution in [2.24, 2.45) is 7.05 Å². The van der Waals surface area contributed by atoms with Crippen LogP contribution in [0.15, 0.2) is 97.2 Å². The Bertz CT molecular complexity index is 2270. The number of aromatic nitrogens is 2. The zero-order valence-electron chi connectivity index (χ0n) is 29.2. The van der Waals surface area contributed by atoms with Gasteiger partial charge in [0.25, 0.3) is 21.9 Å². The third-order valence-electron chi connectivity index (χ3n) is 8.93. The Hall–Kier alpha value is -5.71. The van der Waals surface area contributed by atoms with Gasteiger partial charge in [-0.1, -0.05) is 24.3 Å². The van der Waals surface area contributed by atoms with Crippen molar-refractivity contribution in [1.82, 2.24) is 19.4 Å². The maximum Gasteiger partial charge on any atom is 0.416 e. The minimum atomic E-state index is -4.74. The second-order valence-electron chi connectivity index (χ2n) is 12.6. The van der Waals surface area contributed by atoms with Crippen LogP contribution in [-0.4, -0.2) is 89.8 Å². The lowest BCUT2D eigenvalue weighted by Gasteiger charge is -2.34. The van der Waals surface area contributed by atoms with Crippen molar-refractivity contribution in [2.75, 3.05) is 50.6 Å². The van der Waals surface area contributed by atoms with E-state index < -0.39 is 33.6 Å². The van der Waals surface area contributed by atoms with Crippen LogP contribution >= 0.6 is 0 Å². The van der Waals surface area contributed by atoms with Gasteiger partial charge in [-0.05, 0) is 72.3 Å². The number of carbonyl (C=O) groups is 2. The van der Waals surface area contributed by atoms with Crippen LogP contribution in [0.1, 0.15) is 32.0 Å². The number of fused-ring (bicyclic) bond motifs is 1. The summed E-state index contributed by atoms with van der Waals surface area (Å²) in [6.45, 7) is 3.42. The first-order valence-corrected chi connectivity index (χ1v) is 18.3. The second-order valence-corrected chi connectivity index (χ2v) is 14.0. The Morgan fingerprint density at radius 3 is 2.22 bits per heavy atom. The van der Waals surface area contributed by atoms with Crippen LogP contribution in [0.5, 0.6) is 17.4 Å². The van der Waals surface area contributed by atoms with Gasteiger partial charge in [0.05, 0.1) is 24.6 Å². The van der Waals surface area contributed by atoms with Crippen molar-refractivity contribution in [1.29, 1.82) is 0 Å². The first kappa shape index (κ1) is 38.0. The van der Waals surface area contributed by atoms with E-state index in [-0.39, 0.29) is 23.0 Å². The summed E-state index contributed by atoms with van der Waals surface area (Å²) in [4.78, 5) is 35.7. The molecular weight excluding hydrogens is 728 g/mol. The van der Waals surface area contributed by atoms with Crippen LogP contribution in [0, 0.1) is 0 Å².